The summed E-state index contributed by atoms with van der Waals surface area (Å²) in [4.78, 5) is 3.72. The van der Waals surface area contributed by atoms with Gasteiger partial charge in [-0.2, -0.15) is 0 Å². The Hall–Kier alpha value is -0.190. The molecule has 0 amide bonds. The third-order valence-electron chi connectivity index (χ3n) is 3.06. The lowest BCUT2D eigenvalue weighted by Gasteiger charge is -2.21. The van der Waals surface area contributed by atoms with Gasteiger partial charge >= 0.3 is 0 Å². The molecule has 2 atom stereocenters. The van der Waals surface area contributed by atoms with Gasteiger partial charge in [0.1, 0.15) is 0 Å². The Labute approximate surface area is 138 Å². The second kappa shape index (κ2) is 7.19. The molecule has 0 aliphatic heterocycles. The van der Waals surface area contributed by atoms with Crippen molar-refractivity contribution in [1.29, 1.82) is 0 Å². The molecule has 2 aromatic rings. The van der Waals surface area contributed by atoms with Crippen molar-refractivity contribution < 1.29 is 0 Å². The van der Waals surface area contributed by atoms with Crippen molar-refractivity contribution >= 4 is 46.3 Å². The van der Waals surface area contributed by atoms with Gasteiger partial charge in [-0.1, -0.05) is 30.1 Å². The lowest BCUT2D eigenvalue weighted by Crippen LogP contribution is -2.25. The van der Waals surface area contributed by atoms with Gasteiger partial charge in [0.25, 0.3) is 0 Å². The van der Waals surface area contributed by atoms with Crippen LogP contribution >= 0.6 is 46.3 Å². The number of aryl methyl sites for hydroxylation is 1. The summed E-state index contributed by atoms with van der Waals surface area (Å²) in [7, 11) is 0. The van der Waals surface area contributed by atoms with E-state index in [9.17, 15) is 0 Å². The first-order valence-electron chi connectivity index (χ1n) is 6.45. The van der Waals surface area contributed by atoms with Gasteiger partial charge in [-0.05, 0) is 43.7 Å². The molecule has 2 N–H and O–H groups in total. The minimum atomic E-state index is 0.118. The molecule has 0 aliphatic carbocycles. The van der Waals surface area contributed by atoms with E-state index < -0.39 is 0 Å². The van der Waals surface area contributed by atoms with Gasteiger partial charge in [-0.3, -0.25) is 0 Å². The Morgan fingerprint density at radius 2 is 1.95 bits per heavy atom. The number of hydrogen-bond donors (Lipinski definition) is 1. The van der Waals surface area contributed by atoms with Crippen LogP contribution in [0.3, 0.4) is 0 Å². The summed E-state index contributed by atoms with van der Waals surface area (Å²) in [5, 5.41) is 1.41. The van der Waals surface area contributed by atoms with E-state index in [0.717, 1.165) is 11.3 Å². The Balaban J connectivity index is 2.25. The van der Waals surface area contributed by atoms with Crippen LogP contribution in [0.5, 0.6) is 0 Å². The summed E-state index contributed by atoms with van der Waals surface area (Å²) >= 11 is 15.6. The maximum absolute atomic E-state index is 6.30. The number of rotatable bonds is 5. The normalized spacial score (nSPS) is 14.2. The highest BCUT2D eigenvalue weighted by Gasteiger charge is 2.21. The lowest BCUT2D eigenvalue weighted by molar-refractivity contribution is 0.640. The van der Waals surface area contributed by atoms with Crippen LogP contribution in [0.25, 0.3) is 0 Å². The summed E-state index contributed by atoms with van der Waals surface area (Å²) < 4.78 is 0. The monoisotopic (exact) mass is 345 g/mol. The molecule has 1 aromatic carbocycles. The maximum atomic E-state index is 6.30. The van der Waals surface area contributed by atoms with E-state index in [1.165, 1.54) is 9.75 Å². The van der Waals surface area contributed by atoms with Crippen LogP contribution in [0, 0.1) is 6.92 Å². The molecule has 0 saturated carbocycles. The van der Waals surface area contributed by atoms with Crippen molar-refractivity contribution in [3.63, 3.8) is 0 Å². The van der Waals surface area contributed by atoms with E-state index in [2.05, 4.69) is 26.0 Å². The third-order valence-corrected chi connectivity index (χ3v) is 6.41. The van der Waals surface area contributed by atoms with E-state index in [1.807, 2.05) is 18.2 Å². The fourth-order valence-electron chi connectivity index (χ4n) is 1.87. The van der Waals surface area contributed by atoms with Crippen molar-refractivity contribution in [3.05, 3.63) is 50.1 Å². The van der Waals surface area contributed by atoms with Gasteiger partial charge in [-0.15, -0.1) is 23.1 Å². The minimum absolute atomic E-state index is 0.118. The predicted octanol–water partition coefficient (Wildman–Crippen LogP) is 5.93. The Morgan fingerprint density at radius 1 is 1.20 bits per heavy atom. The Bertz CT molecular complexity index is 583. The number of thioether (sulfide) groups is 1. The van der Waals surface area contributed by atoms with Gasteiger partial charge in [-0.25, -0.2) is 0 Å². The van der Waals surface area contributed by atoms with E-state index in [0.29, 0.717) is 10.0 Å². The fourth-order valence-corrected chi connectivity index (χ4v) is 4.65. The topological polar surface area (TPSA) is 26.0 Å². The van der Waals surface area contributed by atoms with Crippen molar-refractivity contribution in [2.75, 3.05) is 0 Å². The molecule has 2 unspecified atom stereocenters. The zero-order valence-corrected chi connectivity index (χ0v) is 14.5. The SMILES string of the molecule is CCC(N)C(Sc1ccc(Cl)c(Cl)c1)c1ccc(C)s1. The number of halogens is 2. The van der Waals surface area contributed by atoms with Gasteiger partial charge in [0.05, 0.1) is 15.3 Å². The van der Waals surface area contributed by atoms with Crippen molar-refractivity contribution in [2.45, 2.75) is 36.5 Å². The van der Waals surface area contributed by atoms with Crippen LogP contribution in [0.15, 0.2) is 35.2 Å². The van der Waals surface area contributed by atoms with Crippen LogP contribution in [-0.4, -0.2) is 6.04 Å². The largest absolute Gasteiger partial charge is 0.326 e. The molecule has 2 rings (SSSR count). The summed E-state index contributed by atoms with van der Waals surface area (Å²) in [5.74, 6) is 0. The average molecular weight is 346 g/mol. The highest BCUT2D eigenvalue weighted by Crippen LogP contribution is 2.42. The zero-order valence-electron chi connectivity index (χ0n) is 11.4. The smallest absolute Gasteiger partial charge is 0.0603 e. The first-order chi connectivity index (χ1) is 9.51. The standard InChI is InChI=1S/C15H17Cl2NS2/c1-3-13(18)15(14-7-4-9(2)19-14)20-10-5-6-11(16)12(17)8-10/h4-8,13,15H,3,18H2,1-2H3. The Morgan fingerprint density at radius 3 is 2.50 bits per heavy atom. The van der Waals surface area contributed by atoms with Crippen molar-refractivity contribution in [1.82, 2.24) is 0 Å². The molecule has 1 aromatic heterocycles. The van der Waals surface area contributed by atoms with Crippen LogP contribution < -0.4 is 5.73 Å². The van der Waals surface area contributed by atoms with Crippen molar-refractivity contribution in [2.24, 2.45) is 5.73 Å². The van der Waals surface area contributed by atoms with Gasteiger partial charge in [0.15, 0.2) is 0 Å². The molecule has 108 valence electrons. The first-order valence-corrected chi connectivity index (χ1v) is 8.90. The molecule has 0 aliphatic rings. The summed E-state index contributed by atoms with van der Waals surface area (Å²) in [6.45, 7) is 4.24. The van der Waals surface area contributed by atoms with E-state index in [-0.39, 0.29) is 11.3 Å². The first kappa shape index (κ1) is 16.2. The van der Waals surface area contributed by atoms with Crippen LogP contribution in [0.1, 0.15) is 28.3 Å². The van der Waals surface area contributed by atoms with Crippen molar-refractivity contribution in [3.8, 4) is 0 Å². The van der Waals surface area contributed by atoms with Crippen LogP contribution in [0.4, 0.5) is 0 Å². The second-order valence-electron chi connectivity index (χ2n) is 4.63. The number of thiophene rings is 1. The molecule has 1 nitrogen and oxygen atoms in total. The highest BCUT2D eigenvalue weighted by molar-refractivity contribution is 7.99. The summed E-state index contributed by atoms with van der Waals surface area (Å²) in [6, 6.07) is 10.2. The molecule has 0 spiro atoms. The van der Waals surface area contributed by atoms with Crippen LogP contribution in [0.2, 0.25) is 10.0 Å². The van der Waals surface area contributed by atoms with E-state index in [1.54, 1.807) is 23.1 Å². The number of hydrogen-bond acceptors (Lipinski definition) is 3. The highest BCUT2D eigenvalue weighted by atomic mass is 35.5. The quantitative estimate of drug-likeness (QED) is 0.679. The Kier molecular flexibility index (Phi) is 5.82. The molecule has 0 fully saturated rings. The van der Waals surface area contributed by atoms with E-state index in [4.69, 9.17) is 28.9 Å². The molecule has 0 bridgehead atoms. The molecule has 5 heteroatoms. The fraction of sp³-hybridized carbons (Fsp3) is 0.333. The average Bonchev–Trinajstić information content (AvgIpc) is 2.85. The summed E-state index contributed by atoms with van der Waals surface area (Å²) in [6.07, 6.45) is 0.940. The molecule has 20 heavy (non-hydrogen) atoms. The van der Waals surface area contributed by atoms with E-state index >= 15 is 0 Å². The molecule has 0 radical (unpaired) electrons. The maximum Gasteiger partial charge on any atom is 0.0603 e. The van der Waals surface area contributed by atoms with Crippen LogP contribution in [-0.2, 0) is 0 Å². The molecule has 1 heterocycles. The number of nitrogens with two attached hydrogens (primary N) is 1. The predicted molar refractivity (Wildman–Crippen MR) is 92.4 cm³/mol. The zero-order chi connectivity index (χ0) is 14.7. The van der Waals surface area contributed by atoms with Gasteiger partial charge in [0, 0.05) is 20.7 Å². The molecule has 0 saturated heterocycles. The second-order valence-corrected chi connectivity index (χ2v) is 7.98. The number of benzene rings is 1. The minimum Gasteiger partial charge on any atom is -0.326 e. The molecular formula is C15H17Cl2NS2. The third kappa shape index (κ3) is 3.92. The van der Waals surface area contributed by atoms with Gasteiger partial charge in [0.2, 0.25) is 0 Å². The summed E-state index contributed by atoms with van der Waals surface area (Å²) in [5.41, 5.74) is 6.30. The molecular weight excluding hydrogens is 329 g/mol. The van der Waals surface area contributed by atoms with Gasteiger partial charge < -0.3 is 5.73 Å². The lowest BCUT2D eigenvalue weighted by atomic mass is 10.1.